The van der Waals surface area contributed by atoms with Crippen LogP contribution in [0.15, 0.2) is 53.1 Å². The minimum atomic E-state index is -0.473. The van der Waals surface area contributed by atoms with Crippen molar-refractivity contribution < 1.29 is 18.8 Å². The summed E-state index contributed by atoms with van der Waals surface area (Å²) in [5, 5.41) is 4.80. The Kier molecular flexibility index (Phi) is 4.88. The molecule has 1 aliphatic heterocycles. The number of amides is 1. The van der Waals surface area contributed by atoms with Gasteiger partial charge in [0.05, 0.1) is 24.9 Å². The van der Waals surface area contributed by atoms with Crippen LogP contribution in [0.3, 0.4) is 0 Å². The maximum atomic E-state index is 13.0. The molecule has 0 saturated carbocycles. The van der Waals surface area contributed by atoms with Crippen LogP contribution in [0.1, 0.15) is 32.0 Å². The molecule has 0 aliphatic carbocycles. The number of halogens is 1. The predicted octanol–water partition coefficient (Wildman–Crippen LogP) is 3.98. The van der Waals surface area contributed by atoms with Crippen LogP contribution >= 0.6 is 11.6 Å². The molecule has 4 rings (SSSR count). The molecule has 0 bridgehead atoms. The number of aromatic nitrogens is 1. The number of methoxy groups -OCH3 is 1. The highest BCUT2D eigenvalue weighted by molar-refractivity contribution is 6.30. The van der Waals surface area contributed by atoms with E-state index >= 15 is 0 Å². The van der Waals surface area contributed by atoms with Crippen molar-refractivity contribution in [3.05, 3.63) is 75.9 Å². The van der Waals surface area contributed by atoms with Crippen LogP contribution < -0.4 is 0 Å². The van der Waals surface area contributed by atoms with Crippen molar-refractivity contribution >= 4 is 23.5 Å². The molecule has 28 heavy (non-hydrogen) atoms. The van der Waals surface area contributed by atoms with Crippen molar-refractivity contribution in [2.24, 2.45) is 0 Å². The second-order valence-electron chi connectivity index (χ2n) is 6.49. The van der Waals surface area contributed by atoms with E-state index in [1.165, 1.54) is 7.11 Å². The summed E-state index contributed by atoms with van der Waals surface area (Å²) in [5.41, 5.74) is 3.40. The number of esters is 1. The van der Waals surface area contributed by atoms with Gasteiger partial charge in [0, 0.05) is 34.7 Å². The number of fused-ring (bicyclic) bond motifs is 1. The largest absolute Gasteiger partial charge is 0.465 e. The summed E-state index contributed by atoms with van der Waals surface area (Å²) >= 11 is 5.96. The molecule has 2 aromatic carbocycles. The van der Waals surface area contributed by atoms with E-state index in [2.05, 4.69) is 5.16 Å². The summed E-state index contributed by atoms with van der Waals surface area (Å²) in [4.78, 5) is 26.5. The average Bonchev–Trinajstić information content (AvgIpc) is 3.16. The van der Waals surface area contributed by atoms with Crippen molar-refractivity contribution in [2.75, 3.05) is 13.7 Å². The molecule has 0 atom stereocenters. The Morgan fingerprint density at radius 2 is 1.89 bits per heavy atom. The van der Waals surface area contributed by atoms with Gasteiger partial charge >= 0.3 is 5.97 Å². The molecule has 7 heteroatoms. The molecule has 3 aromatic rings. The smallest absolute Gasteiger partial charge is 0.337 e. The molecule has 142 valence electrons. The van der Waals surface area contributed by atoms with Crippen molar-refractivity contribution in [3.63, 3.8) is 0 Å². The van der Waals surface area contributed by atoms with E-state index < -0.39 is 5.97 Å². The second kappa shape index (κ2) is 7.48. The maximum Gasteiger partial charge on any atom is 0.337 e. The fraction of sp³-hybridized carbons (Fsp3) is 0.190. The van der Waals surface area contributed by atoms with Crippen LogP contribution in [0.5, 0.6) is 0 Å². The lowest BCUT2D eigenvalue weighted by atomic mass is 10.0. The summed E-state index contributed by atoms with van der Waals surface area (Å²) in [6.07, 6.45) is 0.606. The highest BCUT2D eigenvalue weighted by Crippen LogP contribution is 2.31. The van der Waals surface area contributed by atoms with E-state index in [1.807, 2.05) is 12.1 Å². The first-order valence-corrected chi connectivity index (χ1v) is 9.15. The Balaban J connectivity index is 1.60. The summed E-state index contributed by atoms with van der Waals surface area (Å²) < 4.78 is 10.3. The van der Waals surface area contributed by atoms with E-state index in [0.29, 0.717) is 41.4 Å². The molecule has 0 saturated heterocycles. The maximum absolute atomic E-state index is 13.0. The summed E-state index contributed by atoms with van der Waals surface area (Å²) in [6, 6.07) is 13.8. The van der Waals surface area contributed by atoms with E-state index in [4.69, 9.17) is 20.9 Å². The molecular formula is C21H17ClN2O4. The van der Waals surface area contributed by atoms with E-state index in [1.54, 1.807) is 41.3 Å². The number of hydrogen-bond acceptors (Lipinski definition) is 5. The van der Waals surface area contributed by atoms with Gasteiger partial charge in [-0.1, -0.05) is 22.8 Å². The molecular weight excluding hydrogens is 380 g/mol. The Hall–Kier alpha value is -3.12. The Bertz CT molecular complexity index is 1040. The zero-order valence-corrected chi connectivity index (χ0v) is 15.9. The predicted molar refractivity (Wildman–Crippen MR) is 103 cm³/mol. The number of rotatable bonds is 3. The molecule has 1 aromatic heterocycles. The third kappa shape index (κ3) is 3.39. The number of hydrogen-bond donors (Lipinski definition) is 0. The lowest BCUT2D eigenvalue weighted by Crippen LogP contribution is -2.36. The number of ether oxygens (including phenoxy) is 1. The number of benzene rings is 2. The van der Waals surface area contributed by atoms with E-state index in [-0.39, 0.29) is 5.91 Å². The molecule has 0 N–H and O–H groups in total. The van der Waals surface area contributed by atoms with Crippen LogP contribution in [0.25, 0.3) is 11.3 Å². The van der Waals surface area contributed by atoms with Crippen LogP contribution in [0.4, 0.5) is 0 Å². The summed E-state index contributed by atoms with van der Waals surface area (Å²) in [7, 11) is 1.31. The lowest BCUT2D eigenvalue weighted by molar-refractivity contribution is 0.0600. The highest BCUT2D eigenvalue weighted by atomic mass is 35.5. The molecule has 6 nitrogen and oxygen atoms in total. The normalized spacial score (nSPS) is 13.1. The average molecular weight is 397 g/mol. The molecule has 1 aliphatic rings. The van der Waals surface area contributed by atoms with Gasteiger partial charge in [0.25, 0.3) is 5.91 Å². The molecule has 0 fully saturated rings. The minimum absolute atomic E-state index is 0.153. The third-order valence-corrected chi connectivity index (χ3v) is 5.01. The van der Waals surface area contributed by atoms with Gasteiger partial charge in [-0.15, -0.1) is 0 Å². The Labute approximate surface area is 166 Å². The fourth-order valence-corrected chi connectivity index (χ4v) is 3.42. The van der Waals surface area contributed by atoms with Crippen molar-refractivity contribution in [1.82, 2.24) is 10.1 Å². The number of carbonyl (C=O) groups excluding carboxylic acids is 2. The molecule has 0 spiro atoms. The van der Waals surface area contributed by atoms with Crippen LogP contribution in [-0.4, -0.2) is 35.6 Å². The van der Waals surface area contributed by atoms with Gasteiger partial charge in [0.1, 0.15) is 0 Å². The van der Waals surface area contributed by atoms with Gasteiger partial charge in [-0.05, 0) is 42.5 Å². The highest BCUT2D eigenvalue weighted by Gasteiger charge is 2.28. The van der Waals surface area contributed by atoms with E-state index in [9.17, 15) is 9.59 Å². The molecule has 1 amide bonds. The number of carbonyl (C=O) groups is 2. The van der Waals surface area contributed by atoms with Crippen LogP contribution in [0, 0.1) is 0 Å². The Morgan fingerprint density at radius 1 is 1.14 bits per heavy atom. The first kappa shape index (κ1) is 18.3. The van der Waals surface area contributed by atoms with Gasteiger partial charge in [-0.25, -0.2) is 4.79 Å². The second-order valence-corrected chi connectivity index (χ2v) is 6.93. The van der Waals surface area contributed by atoms with Crippen LogP contribution in [-0.2, 0) is 17.7 Å². The quantitative estimate of drug-likeness (QED) is 0.626. The van der Waals surface area contributed by atoms with Crippen molar-refractivity contribution in [3.8, 4) is 11.3 Å². The molecule has 2 heterocycles. The third-order valence-electron chi connectivity index (χ3n) is 4.76. The molecule has 0 unspecified atom stereocenters. The zero-order valence-electron chi connectivity index (χ0n) is 15.1. The van der Waals surface area contributed by atoms with Gasteiger partial charge in [0.2, 0.25) is 0 Å². The zero-order chi connectivity index (χ0) is 19.7. The van der Waals surface area contributed by atoms with Gasteiger partial charge < -0.3 is 14.2 Å². The van der Waals surface area contributed by atoms with Gasteiger partial charge in [-0.3, -0.25) is 4.79 Å². The van der Waals surface area contributed by atoms with E-state index in [0.717, 1.165) is 16.8 Å². The lowest BCUT2D eigenvalue weighted by Gasteiger charge is -2.26. The summed E-state index contributed by atoms with van der Waals surface area (Å²) in [5.74, 6) is 0.0202. The topological polar surface area (TPSA) is 72.6 Å². The first-order chi connectivity index (χ1) is 13.6. The standard InChI is InChI=1S/C21H17ClN2O4/c1-27-21(26)15-4-2-3-14(11-15)20(25)24-10-9-18-17(12-24)19(28-23-18)13-5-7-16(22)8-6-13/h2-8,11H,9-10,12H2,1H3. The van der Waals surface area contributed by atoms with Crippen molar-refractivity contribution in [2.45, 2.75) is 13.0 Å². The SMILES string of the molecule is COC(=O)c1cccc(C(=O)N2CCc3noc(-c4ccc(Cl)cc4)c3C2)c1. The summed E-state index contributed by atoms with van der Waals surface area (Å²) in [6.45, 7) is 0.916. The monoisotopic (exact) mass is 396 g/mol. The first-order valence-electron chi connectivity index (χ1n) is 8.78. The number of nitrogens with zero attached hydrogens (tertiary/aromatic N) is 2. The van der Waals surface area contributed by atoms with Crippen LogP contribution in [0.2, 0.25) is 5.02 Å². The fourth-order valence-electron chi connectivity index (χ4n) is 3.29. The Morgan fingerprint density at radius 3 is 2.64 bits per heavy atom. The molecule has 0 radical (unpaired) electrons. The van der Waals surface area contributed by atoms with Gasteiger partial charge in [-0.2, -0.15) is 0 Å². The minimum Gasteiger partial charge on any atom is -0.465 e. The van der Waals surface area contributed by atoms with Gasteiger partial charge in [0.15, 0.2) is 5.76 Å². The van der Waals surface area contributed by atoms with Crippen molar-refractivity contribution in [1.29, 1.82) is 0 Å².